The number of nitrogens with two attached hydrogens (primary N) is 1. The van der Waals surface area contributed by atoms with E-state index in [9.17, 15) is 4.79 Å². The Hall–Kier alpha value is -2.97. The van der Waals surface area contributed by atoms with Crippen LogP contribution in [0.5, 0.6) is 11.5 Å². The van der Waals surface area contributed by atoms with Crippen LogP contribution in [0.25, 0.3) is 0 Å². The van der Waals surface area contributed by atoms with Gasteiger partial charge in [-0.25, -0.2) is 4.79 Å². The summed E-state index contributed by atoms with van der Waals surface area (Å²) in [6.07, 6.45) is 2.03. The predicted octanol–water partition coefficient (Wildman–Crippen LogP) is 3.98. The molecule has 2 aromatic rings. The number of amidine groups is 1. The summed E-state index contributed by atoms with van der Waals surface area (Å²) in [5.41, 5.74) is 7.56. The average Bonchev–Trinajstić information content (AvgIpc) is 2.79. The number of nitrogen functional groups attached to an aromatic ring is 1. The Balaban J connectivity index is 0.00000408. The zero-order valence-electron chi connectivity index (χ0n) is 20.0. The quantitative estimate of drug-likeness (QED) is 0.262. The van der Waals surface area contributed by atoms with Gasteiger partial charge in [0, 0.05) is 30.4 Å². The Morgan fingerprint density at radius 2 is 1.76 bits per heavy atom. The molecule has 0 aromatic heterocycles. The van der Waals surface area contributed by atoms with E-state index in [0.29, 0.717) is 34.9 Å². The maximum Gasteiger partial charge on any atom is 0.333 e. The number of anilines is 1. The van der Waals surface area contributed by atoms with E-state index in [0.717, 1.165) is 25.9 Å². The molecular formula is C25H35ClN4O4. The van der Waals surface area contributed by atoms with Gasteiger partial charge < -0.3 is 30.2 Å². The van der Waals surface area contributed by atoms with Gasteiger partial charge in [0.1, 0.15) is 23.4 Å². The van der Waals surface area contributed by atoms with E-state index in [4.69, 9.17) is 25.4 Å². The third-order valence-corrected chi connectivity index (χ3v) is 5.54. The van der Waals surface area contributed by atoms with Crippen LogP contribution in [0.15, 0.2) is 42.5 Å². The van der Waals surface area contributed by atoms with Crippen molar-refractivity contribution in [2.45, 2.75) is 38.8 Å². The number of hydrogen-bond donors (Lipinski definition) is 3. The normalized spacial score (nSPS) is 15.0. The van der Waals surface area contributed by atoms with Crippen LogP contribution >= 0.6 is 12.4 Å². The van der Waals surface area contributed by atoms with Crippen LogP contribution in [0.2, 0.25) is 0 Å². The van der Waals surface area contributed by atoms with Crippen LogP contribution in [0.3, 0.4) is 0 Å². The summed E-state index contributed by atoms with van der Waals surface area (Å²) >= 11 is 0. The minimum atomic E-state index is -0.756. The van der Waals surface area contributed by atoms with E-state index >= 15 is 0 Å². The summed E-state index contributed by atoms with van der Waals surface area (Å²) < 4.78 is 17.4. The number of carbonyl (C=O) groups is 1. The van der Waals surface area contributed by atoms with E-state index in [-0.39, 0.29) is 31.0 Å². The predicted molar refractivity (Wildman–Crippen MR) is 136 cm³/mol. The van der Waals surface area contributed by atoms with Crippen LogP contribution in [0.4, 0.5) is 5.69 Å². The lowest BCUT2D eigenvalue weighted by Gasteiger charge is -2.29. The third-order valence-electron chi connectivity index (χ3n) is 5.54. The molecule has 9 heteroatoms. The highest BCUT2D eigenvalue weighted by Crippen LogP contribution is 2.31. The first kappa shape index (κ1) is 27.3. The third kappa shape index (κ3) is 7.53. The van der Waals surface area contributed by atoms with Gasteiger partial charge in [0.15, 0.2) is 6.04 Å². The van der Waals surface area contributed by atoms with Gasteiger partial charge in [0.25, 0.3) is 0 Å². The van der Waals surface area contributed by atoms with Crippen molar-refractivity contribution in [3.05, 3.63) is 53.6 Å². The van der Waals surface area contributed by atoms with E-state index in [1.54, 1.807) is 31.2 Å². The Kier molecular flexibility index (Phi) is 10.5. The van der Waals surface area contributed by atoms with Gasteiger partial charge in [-0.3, -0.25) is 5.41 Å². The Labute approximate surface area is 207 Å². The largest absolute Gasteiger partial charge is 0.494 e. The molecule has 1 saturated heterocycles. The summed E-state index contributed by atoms with van der Waals surface area (Å²) in [7, 11) is 2.11. The number of ether oxygens (including phenoxy) is 3. The van der Waals surface area contributed by atoms with Gasteiger partial charge in [-0.05, 0) is 75.7 Å². The lowest BCUT2D eigenvalue weighted by molar-refractivity contribution is -0.144. The molecule has 3 rings (SSSR count). The average molecular weight is 491 g/mol. The van der Waals surface area contributed by atoms with E-state index in [2.05, 4.69) is 17.3 Å². The van der Waals surface area contributed by atoms with Crippen molar-refractivity contribution in [2.24, 2.45) is 5.73 Å². The number of carbonyl (C=O) groups excluding carboxylic acids is 1. The van der Waals surface area contributed by atoms with Crippen molar-refractivity contribution >= 4 is 29.9 Å². The van der Waals surface area contributed by atoms with Crippen LogP contribution in [-0.4, -0.2) is 56.2 Å². The van der Waals surface area contributed by atoms with Gasteiger partial charge >= 0.3 is 5.97 Å². The molecule has 1 atom stereocenters. The fraction of sp³-hybridized carbons (Fsp3) is 0.440. The molecule has 1 aliphatic rings. The first-order chi connectivity index (χ1) is 15.9. The second-order valence-corrected chi connectivity index (χ2v) is 8.11. The van der Waals surface area contributed by atoms with Gasteiger partial charge in [-0.1, -0.05) is 0 Å². The fourth-order valence-electron chi connectivity index (χ4n) is 3.79. The maximum atomic E-state index is 12.9. The first-order valence-electron chi connectivity index (χ1n) is 11.4. The number of esters is 1. The van der Waals surface area contributed by atoms with Crippen molar-refractivity contribution in [3.63, 3.8) is 0 Å². The molecule has 8 nitrogen and oxygen atoms in total. The van der Waals surface area contributed by atoms with Crippen molar-refractivity contribution in [1.29, 1.82) is 5.41 Å². The van der Waals surface area contributed by atoms with Crippen molar-refractivity contribution < 1.29 is 19.0 Å². The van der Waals surface area contributed by atoms with Crippen molar-refractivity contribution in [1.82, 2.24) is 4.90 Å². The Bertz CT molecular complexity index is 946. The van der Waals surface area contributed by atoms with Crippen LogP contribution in [0.1, 0.15) is 43.9 Å². The molecule has 4 N–H and O–H groups in total. The smallest absolute Gasteiger partial charge is 0.333 e. The summed E-state index contributed by atoms with van der Waals surface area (Å²) in [5, 5.41) is 10.8. The molecule has 2 aromatic carbocycles. The molecule has 0 radical (unpaired) electrons. The van der Waals surface area contributed by atoms with Crippen molar-refractivity contribution in [3.8, 4) is 11.5 Å². The second-order valence-electron chi connectivity index (χ2n) is 8.11. The summed E-state index contributed by atoms with van der Waals surface area (Å²) in [5.74, 6) is 0.908. The molecule has 0 amide bonds. The minimum Gasteiger partial charge on any atom is -0.494 e. The number of likely N-dealkylation sites (tertiary alicyclic amines) is 1. The van der Waals surface area contributed by atoms with E-state index in [1.165, 1.54) is 0 Å². The van der Waals surface area contributed by atoms with E-state index < -0.39 is 12.0 Å². The fourth-order valence-corrected chi connectivity index (χ4v) is 3.79. The highest BCUT2D eigenvalue weighted by Gasteiger charge is 2.25. The summed E-state index contributed by atoms with van der Waals surface area (Å²) in [4.78, 5) is 15.2. The Morgan fingerprint density at radius 3 is 2.35 bits per heavy atom. The summed E-state index contributed by atoms with van der Waals surface area (Å²) in [6.45, 7) is 6.45. The molecule has 0 saturated carbocycles. The maximum absolute atomic E-state index is 12.9. The highest BCUT2D eigenvalue weighted by molar-refractivity contribution is 5.95. The van der Waals surface area contributed by atoms with Crippen LogP contribution in [0, 0.1) is 5.41 Å². The number of rotatable bonds is 10. The zero-order valence-corrected chi connectivity index (χ0v) is 20.8. The molecule has 1 fully saturated rings. The highest BCUT2D eigenvalue weighted by atomic mass is 35.5. The molecule has 1 heterocycles. The second kappa shape index (κ2) is 13.1. The number of halogens is 1. The SMILES string of the molecule is CCOC(=O)C(Nc1ccc(C(=N)N)cc1)c1cc(OCC)cc(OC2CCN(C)CC2)c1.Cl. The first-order valence-corrected chi connectivity index (χ1v) is 11.4. The van der Waals surface area contributed by atoms with Crippen LogP contribution < -0.4 is 20.5 Å². The lowest BCUT2D eigenvalue weighted by atomic mass is 10.0. The Morgan fingerprint density at radius 1 is 1.12 bits per heavy atom. The number of piperidine rings is 1. The van der Waals surface area contributed by atoms with Gasteiger partial charge in [0.2, 0.25) is 0 Å². The molecule has 34 heavy (non-hydrogen) atoms. The number of nitrogens with one attached hydrogen (secondary N) is 2. The molecular weight excluding hydrogens is 456 g/mol. The number of nitrogens with zero attached hydrogens (tertiary/aromatic N) is 1. The molecule has 0 aliphatic carbocycles. The minimum absolute atomic E-state index is 0. The zero-order chi connectivity index (χ0) is 23.8. The monoisotopic (exact) mass is 490 g/mol. The van der Waals surface area contributed by atoms with E-state index in [1.807, 2.05) is 25.1 Å². The number of benzene rings is 2. The van der Waals surface area contributed by atoms with Gasteiger partial charge in [-0.15, -0.1) is 12.4 Å². The number of hydrogen-bond acceptors (Lipinski definition) is 7. The standard InChI is InChI=1S/C25H34N4O4.ClH/c1-4-31-21-14-18(15-22(16-21)33-20-10-12-29(3)13-11-20)23(25(30)32-5-2)28-19-8-6-17(7-9-19)24(26)27;/h6-9,14-16,20,23,28H,4-5,10-13H2,1-3H3,(H3,26,27);1H. The molecule has 1 aliphatic heterocycles. The van der Waals surface area contributed by atoms with Crippen LogP contribution in [-0.2, 0) is 9.53 Å². The summed E-state index contributed by atoms with van der Waals surface area (Å²) in [6, 6.07) is 11.9. The topological polar surface area (TPSA) is 110 Å². The van der Waals surface area contributed by atoms with Crippen molar-refractivity contribution in [2.75, 3.05) is 38.7 Å². The molecule has 1 unspecified atom stereocenters. The molecule has 0 spiro atoms. The van der Waals surface area contributed by atoms with Gasteiger partial charge in [-0.2, -0.15) is 0 Å². The molecule has 186 valence electrons. The lowest BCUT2D eigenvalue weighted by Crippen LogP contribution is -2.35. The van der Waals surface area contributed by atoms with Gasteiger partial charge in [0.05, 0.1) is 13.2 Å². The molecule has 0 bridgehead atoms.